The van der Waals surface area contributed by atoms with E-state index in [0.29, 0.717) is 30.6 Å². The lowest BCUT2D eigenvalue weighted by Gasteiger charge is -2.22. The van der Waals surface area contributed by atoms with Crippen molar-refractivity contribution in [3.8, 4) is 11.5 Å². The van der Waals surface area contributed by atoms with Crippen LogP contribution >= 0.6 is 0 Å². The molecule has 1 aliphatic heterocycles. The molecule has 4 rings (SSSR count). The number of aromatic nitrogens is 2. The fourth-order valence-corrected chi connectivity index (χ4v) is 3.30. The minimum Gasteiger partial charge on any atom is -0.486 e. The van der Waals surface area contributed by atoms with Crippen LogP contribution in [0, 0.1) is 0 Å². The maximum Gasteiger partial charge on any atom is 0.270 e. The van der Waals surface area contributed by atoms with Gasteiger partial charge in [-0.3, -0.25) is 4.79 Å². The van der Waals surface area contributed by atoms with Crippen molar-refractivity contribution >= 4 is 17.5 Å². The van der Waals surface area contributed by atoms with E-state index in [1.807, 2.05) is 18.2 Å². The second-order valence-electron chi connectivity index (χ2n) is 6.56. The summed E-state index contributed by atoms with van der Waals surface area (Å²) in [6.45, 7) is 1.09. The Morgan fingerprint density at radius 2 is 1.85 bits per heavy atom. The van der Waals surface area contributed by atoms with Crippen molar-refractivity contribution in [2.45, 2.75) is 38.1 Å². The van der Waals surface area contributed by atoms with E-state index in [-0.39, 0.29) is 11.9 Å². The van der Waals surface area contributed by atoms with E-state index in [4.69, 9.17) is 9.47 Å². The Labute approximate surface area is 152 Å². The van der Waals surface area contributed by atoms with Gasteiger partial charge in [-0.1, -0.05) is 19.3 Å². The Balaban J connectivity index is 1.44. The lowest BCUT2D eigenvalue weighted by atomic mass is 9.95. The molecule has 0 spiro atoms. The van der Waals surface area contributed by atoms with Crippen molar-refractivity contribution < 1.29 is 14.3 Å². The molecule has 26 heavy (non-hydrogen) atoms. The zero-order chi connectivity index (χ0) is 17.8. The van der Waals surface area contributed by atoms with Gasteiger partial charge in [0.1, 0.15) is 18.9 Å². The first-order valence-electron chi connectivity index (χ1n) is 9.08. The van der Waals surface area contributed by atoms with Crippen molar-refractivity contribution in [2.75, 3.05) is 18.5 Å². The topological polar surface area (TPSA) is 85.4 Å². The molecule has 2 aliphatic rings. The van der Waals surface area contributed by atoms with Crippen LogP contribution in [0.4, 0.5) is 11.6 Å². The molecular formula is C19H22N4O3. The molecule has 0 atom stereocenters. The highest BCUT2D eigenvalue weighted by Gasteiger charge is 2.18. The first kappa shape index (κ1) is 16.6. The van der Waals surface area contributed by atoms with E-state index in [0.717, 1.165) is 24.3 Å². The number of hydrogen-bond donors (Lipinski definition) is 2. The fourth-order valence-electron chi connectivity index (χ4n) is 3.30. The molecule has 1 fully saturated rings. The summed E-state index contributed by atoms with van der Waals surface area (Å²) in [4.78, 5) is 21.0. The van der Waals surface area contributed by atoms with Gasteiger partial charge in [0.05, 0.1) is 0 Å². The van der Waals surface area contributed by atoms with E-state index in [1.54, 1.807) is 12.3 Å². The van der Waals surface area contributed by atoms with E-state index in [1.165, 1.54) is 19.3 Å². The molecule has 2 heterocycles. The van der Waals surface area contributed by atoms with Crippen molar-refractivity contribution in [3.05, 3.63) is 36.2 Å². The lowest BCUT2D eigenvalue weighted by molar-refractivity contribution is 0.0922. The van der Waals surface area contributed by atoms with Crippen LogP contribution in [0.15, 0.2) is 30.5 Å². The Morgan fingerprint density at radius 3 is 2.69 bits per heavy atom. The normalized spacial score (nSPS) is 16.8. The summed E-state index contributed by atoms with van der Waals surface area (Å²) in [6.07, 6.45) is 7.27. The first-order valence-corrected chi connectivity index (χ1v) is 9.08. The van der Waals surface area contributed by atoms with Crippen LogP contribution in [-0.4, -0.2) is 35.1 Å². The van der Waals surface area contributed by atoms with Crippen molar-refractivity contribution in [3.63, 3.8) is 0 Å². The number of nitrogens with one attached hydrogen (secondary N) is 2. The summed E-state index contributed by atoms with van der Waals surface area (Å²) in [7, 11) is 0. The molecule has 0 unspecified atom stereocenters. The average molecular weight is 354 g/mol. The summed E-state index contributed by atoms with van der Waals surface area (Å²) >= 11 is 0. The predicted octanol–water partition coefficient (Wildman–Crippen LogP) is 3.05. The van der Waals surface area contributed by atoms with Gasteiger partial charge in [0.15, 0.2) is 11.5 Å². The number of nitrogens with zero attached hydrogens (tertiary/aromatic N) is 2. The van der Waals surface area contributed by atoms with E-state index < -0.39 is 0 Å². The minimum absolute atomic E-state index is 0.149. The molecule has 1 saturated carbocycles. The van der Waals surface area contributed by atoms with E-state index >= 15 is 0 Å². The maximum absolute atomic E-state index is 12.4. The third-order valence-corrected chi connectivity index (χ3v) is 4.63. The van der Waals surface area contributed by atoms with Gasteiger partial charge >= 0.3 is 0 Å². The summed E-state index contributed by atoms with van der Waals surface area (Å²) in [5.74, 6) is 1.64. The van der Waals surface area contributed by atoms with Crippen LogP contribution in [0.5, 0.6) is 11.5 Å². The van der Waals surface area contributed by atoms with Crippen molar-refractivity contribution in [2.24, 2.45) is 0 Å². The summed E-state index contributed by atoms with van der Waals surface area (Å²) < 4.78 is 11.1. The molecule has 1 aliphatic carbocycles. The average Bonchev–Trinajstić information content (AvgIpc) is 2.69. The zero-order valence-corrected chi connectivity index (χ0v) is 14.5. The standard InChI is InChI=1S/C19H22N4O3/c24-18(21-13-4-2-1-3-5-13)15-8-9-20-19(23-15)22-14-6-7-16-17(12-14)26-11-10-25-16/h6-9,12-13H,1-5,10-11H2,(H,21,24)(H,20,22,23). The smallest absolute Gasteiger partial charge is 0.270 e. The van der Waals surface area contributed by atoms with Crippen molar-refractivity contribution in [1.29, 1.82) is 0 Å². The van der Waals surface area contributed by atoms with Crippen LogP contribution < -0.4 is 20.1 Å². The van der Waals surface area contributed by atoms with E-state index in [2.05, 4.69) is 20.6 Å². The third-order valence-electron chi connectivity index (χ3n) is 4.63. The number of benzene rings is 1. The third kappa shape index (κ3) is 3.87. The van der Waals surface area contributed by atoms with Crippen LogP contribution in [0.3, 0.4) is 0 Å². The quantitative estimate of drug-likeness (QED) is 0.878. The van der Waals surface area contributed by atoms with Crippen LogP contribution in [-0.2, 0) is 0 Å². The minimum atomic E-state index is -0.149. The molecule has 0 bridgehead atoms. The number of carbonyl (C=O) groups is 1. The summed E-state index contributed by atoms with van der Waals surface area (Å²) in [6, 6.07) is 7.43. The van der Waals surface area contributed by atoms with Gasteiger partial charge in [0.2, 0.25) is 5.95 Å². The SMILES string of the molecule is O=C(NC1CCCCC1)c1ccnc(Nc2ccc3c(c2)OCCO3)n1. The number of amides is 1. The number of carbonyl (C=O) groups excluding carboxylic acids is 1. The van der Waals surface area contributed by atoms with Crippen LogP contribution in [0.1, 0.15) is 42.6 Å². The van der Waals surface area contributed by atoms with Gasteiger partial charge in [-0.2, -0.15) is 0 Å². The number of hydrogen-bond acceptors (Lipinski definition) is 6. The Bertz CT molecular complexity index is 790. The number of fused-ring (bicyclic) bond motifs is 1. The van der Waals surface area contributed by atoms with Gasteiger partial charge in [0.25, 0.3) is 5.91 Å². The largest absolute Gasteiger partial charge is 0.486 e. The molecule has 7 nitrogen and oxygen atoms in total. The van der Waals surface area contributed by atoms with Gasteiger partial charge in [-0.25, -0.2) is 9.97 Å². The Morgan fingerprint density at radius 1 is 1.04 bits per heavy atom. The highest BCUT2D eigenvalue weighted by atomic mass is 16.6. The number of anilines is 2. The molecule has 1 aromatic heterocycles. The van der Waals surface area contributed by atoms with Gasteiger partial charge < -0.3 is 20.1 Å². The molecule has 0 radical (unpaired) electrons. The van der Waals surface area contributed by atoms with Crippen molar-refractivity contribution in [1.82, 2.24) is 15.3 Å². The molecule has 2 N–H and O–H groups in total. The second-order valence-corrected chi connectivity index (χ2v) is 6.56. The molecule has 1 amide bonds. The molecular weight excluding hydrogens is 332 g/mol. The Hall–Kier alpha value is -2.83. The van der Waals surface area contributed by atoms with Gasteiger partial charge in [0, 0.05) is 24.0 Å². The molecule has 7 heteroatoms. The summed E-state index contributed by atoms with van der Waals surface area (Å²) in [5, 5.41) is 6.19. The molecule has 136 valence electrons. The van der Waals surface area contributed by atoms with E-state index in [9.17, 15) is 4.79 Å². The molecule has 1 aromatic carbocycles. The first-order chi connectivity index (χ1) is 12.8. The summed E-state index contributed by atoms with van der Waals surface area (Å²) in [5.41, 5.74) is 1.14. The second kappa shape index (κ2) is 7.59. The lowest BCUT2D eigenvalue weighted by Crippen LogP contribution is -2.36. The number of ether oxygens (including phenoxy) is 2. The monoisotopic (exact) mass is 354 g/mol. The van der Waals surface area contributed by atoms with Crippen LogP contribution in [0.25, 0.3) is 0 Å². The highest BCUT2D eigenvalue weighted by Crippen LogP contribution is 2.33. The number of rotatable bonds is 4. The van der Waals surface area contributed by atoms with Gasteiger partial charge in [-0.05, 0) is 31.0 Å². The molecule has 0 saturated heterocycles. The fraction of sp³-hybridized carbons (Fsp3) is 0.421. The predicted molar refractivity (Wildman–Crippen MR) is 97.1 cm³/mol. The maximum atomic E-state index is 12.4. The van der Waals surface area contributed by atoms with Gasteiger partial charge in [-0.15, -0.1) is 0 Å². The van der Waals surface area contributed by atoms with Crippen LogP contribution in [0.2, 0.25) is 0 Å². The highest BCUT2D eigenvalue weighted by molar-refractivity contribution is 5.92. The molecule has 2 aromatic rings. The zero-order valence-electron chi connectivity index (χ0n) is 14.5. The Kier molecular flexibility index (Phi) is 4.86.